The summed E-state index contributed by atoms with van der Waals surface area (Å²) in [5, 5.41) is 11.0. The Bertz CT molecular complexity index is 595. The number of nitrogen functional groups attached to an aromatic ring is 1. The summed E-state index contributed by atoms with van der Waals surface area (Å²) in [5.41, 5.74) is 7.89. The average Bonchev–Trinajstić information content (AvgIpc) is 2.46. The van der Waals surface area contributed by atoms with Gasteiger partial charge in [0.15, 0.2) is 5.69 Å². The largest absolute Gasteiger partial charge is 0.398 e. The van der Waals surface area contributed by atoms with Crippen LogP contribution in [-0.4, -0.2) is 35.1 Å². The first-order chi connectivity index (χ1) is 9.58. The Hall–Kier alpha value is -2.63. The first kappa shape index (κ1) is 13.8. The number of rotatable bonds is 4. The van der Waals surface area contributed by atoms with E-state index in [-0.39, 0.29) is 5.91 Å². The normalized spacial score (nSPS) is 10.1. The Balaban J connectivity index is 2.01. The molecule has 0 unspecified atom stereocenters. The molecular formula is C14H17N5O. The molecule has 3 N–H and O–H groups in total. The fraction of sp³-hybridized carbons (Fsp3) is 0.214. The molecule has 20 heavy (non-hydrogen) atoms. The number of aromatic nitrogens is 2. The van der Waals surface area contributed by atoms with Gasteiger partial charge in [-0.05, 0) is 23.8 Å². The Morgan fingerprint density at radius 3 is 2.55 bits per heavy atom. The van der Waals surface area contributed by atoms with Gasteiger partial charge in [0.25, 0.3) is 5.91 Å². The van der Waals surface area contributed by atoms with Crippen molar-refractivity contribution >= 4 is 17.4 Å². The van der Waals surface area contributed by atoms with Crippen LogP contribution in [0.25, 0.3) is 0 Å². The molecule has 6 nitrogen and oxygen atoms in total. The molecule has 0 saturated carbocycles. The molecule has 1 amide bonds. The molecule has 6 heteroatoms. The summed E-state index contributed by atoms with van der Waals surface area (Å²) in [5.74, 6) is 0.430. The Morgan fingerprint density at radius 2 is 1.95 bits per heavy atom. The first-order valence-corrected chi connectivity index (χ1v) is 6.20. The fourth-order valence-corrected chi connectivity index (χ4v) is 1.65. The molecule has 2 aromatic rings. The highest BCUT2D eigenvalue weighted by atomic mass is 16.2. The number of carbonyl (C=O) groups excluding carboxylic acids is 1. The minimum Gasteiger partial charge on any atom is -0.398 e. The van der Waals surface area contributed by atoms with Gasteiger partial charge in [-0.15, -0.1) is 10.2 Å². The van der Waals surface area contributed by atoms with Crippen molar-refractivity contribution in [1.82, 2.24) is 15.1 Å². The van der Waals surface area contributed by atoms with E-state index in [1.807, 2.05) is 24.3 Å². The van der Waals surface area contributed by atoms with E-state index in [4.69, 9.17) is 5.73 Å². The van der Waals surface area contributed by atoms with Crippen molar-refractivity contribution in [1.29, 1.82) is 0 Å². The number of nitrogens with one attached hydrogen (secondary N) is 1. The zero-order valence-electron chi connectivity index (χ0n) is 11.5. The van der Waals surface area contributed by atoms with Crippen LogP contribution in [0.1, 0.15) is 16.1 Å². The zero-order valence-corrected chi connectivity index (χ0v) is 11.5. The first-order valence-electron chi connectivity index (χ1n) is 6.20. The van der Waals surface area contributed by atoms with E-state index in [2.05, 4.69) is 15.5 Å². The molecule has 1 heterocycles. The van der Waals surface area contributed by atoms with Crippen LogP contribution in [0.15, 0.2) is 36.4 Å². The van der Waals surface area contributed by atoms with E-state index < -0.39 is 0 Å². The van der Waals surface area contributed by atoms with E-state index in [9.17, 15) is 4.79 Å². The molecule has 2 rings (SSSR count). The maximum absolute atomic E-state index is 11.7. The van der Waals surface area contributed by atoms with Crippen molar-refractivity contribution < 1.29 is 4.79 Å². The second-order valence-corrected chi connectivity index (χ2v) is 4.56. The highest BCUT2D eigenvalue weighted by Crippen LogP contribution is 2.12. The number of hydrogen-bond acceptors (Lipinski definition) is 5. The van der Waals surface area contributed by atoms with Gasteiger partial charge in [0, 0.05) is 26.3 Å². The van der Waals surface area contributed by atoms with Crippen molar-refractivity contribution in [2.45, 2.75) is 6.54 Å². The lowest BCUT2D eigenvalue weighted by Gasteiger charge is -2.10. The van der Waals surface area contributed by atoms with Gasteiger partial charge < -0.3 is 16.0 Å². The summed E-state index contributed by atoms with van der Waals surface area (Å²) in [6, 6.07) is 11.0. The molecule has 104 valence electrons. The number of para-hydroxylation sites is 1. The number of amides is 1. The number of benzene rings is 1. The predicted octanol–water partition coefficient (Wildman–Crippen LogP) is 1.37. The topological polar surface area (TPSA) is 84.1 Å². The molecule has 1 aromatic carbocycles. The monoisotopic (exact) mass is 271 g/mol. The maximum atomic E-state index is 11.7. The van der Waals surface area contributed by atoms with Crippen LogP contribution in [-0.2, 0) is 6.54 Å². The second-order valence-electron chi connectivity index (χ2n) is 4.56. The van der Waals surface area contributed by atoms with Gasteiger partial charge in [0.1, 0.15) is 5.82 Å². The molecule has 0 bridgehead atoms. The summed E-state index contributed by atoms with van der Waals surface area (Å²) in [7, 11) is 3.35. The predicted molar refractivity (Wildman–Crippen MR) is 78.2 cm³/mol. The summed E-state index contributed by atoms with van der Waals surface area (Å²) in [4.78, 5) is 13.1. The van der Waals surface area contributed by atoms with E-state index >= 15 is 0 Å². The van der Waals surface area contributed by atoms with E-state index in [1.165, 1.54) is 4.90 Å². The van der Waals surface area contributed by atoms with E-state index in [0.29, 0.717) is 18.1 Å². The molecule has 0 atom stereocenters. The smallest absolute Gasteiger partial charge is 0.273 e. The molecule has 0 radical (unpaired) electrons. The Labute approximate surface area is 117 Å². The van der Waals surface area contributed by atoms with Gasteiger partial charge in [-0.2, -0.15) is 0 Å². The van der Waals surface area contributed by atoms with Gasteiger partial charge in [-0.1, -0.05) is 18.2 Å². The lowest BCUT2D eigenvalue weighted by Crippen LogP contribution is -2.23. The lowest BCUT2D eigenvalue weighted by atomic mass is 10.2. The summed E-state index contributed by atoms with van der Waals surface area (Å²) in [6.45, 7) is 0.558. The third kappa shape index (κ3) is 3.23. The van der Waals surface area contributed by atoms with Crippen molar-refractivity contribution in [2.24, 2.45) is 0 Å². The molecule has 0 fully saturated rings. The average molecular weight is 271 g/mol. The third-order valence-electron chi connectivity index (χ3n) is 2.80. The SMILES string of the molecule is CN(C)C(=O)c1ccc(NCc2ccccc2N)nn1. The van der Waals surface area contributed by atoms with Crippen LogP contribution in [0.4, 0.5) is 11.5 Å². The van der Waals surface area contributed by atoms with Crippen LogP contribution < -0.4 is 11.1 Å². The summed E-state index contributed by atoms with van der Waals surface area (Å²) < 4.78 is 0. The fourth-order valence-electron chi connectivity index (χ4n) is 1.65. The Morgan fingerprint density at radius 1 is 1.20 bits per heavy atom. The van der Waals surface area contributed by atoms with Gasteiger partial charge in [-0.3, -0.25) is 4.79 Å². The van der Waals surface area contributed by atoms with Gasteiger partial charge in [-0.25, -0.2) is 0 Å². The van der Waals surface area contributed by atoms with Gasteiger partial charge in [0.05, 0.1) is 0 Å². The summed E-state index contributed by atoms with van der Waals surface area (Å²) in [6.07, 6.45) is 0. The zero-order chi connectivity index (χ0) is 14.5. The van der Waals surface area contributed by atoms with Crippen LogP contribution in [0.5, 0.6) is 0 Å². The van der Waals surface area contributed by atoms with E-state index in [0.717, 1.165) is 11.3 Å². The lowest BCUT2D eigenvalue weighted by molar-refractivity contribution is 0.0821. The number of hydrogen-bond donors (Lipinski definition) is 2. The highest BCUT2D eigenvalue weighted by Gasteiger charge is 2.09. The molecule has 0 aliphatic rings. The van der Waals surface area contributed by atoms with Gasteiger partial charge in [0.2, 0.25) is 0 Å². The van der Waals surface area contributed by atoms with Crippen molar-refractivity contribution in [3.05, 3.63) is 47.7 Å². The van der Waals surface area contributed by atoms with Crippen molar-refractivity contribution in [3.8, 4) is 0 Å². The van der Waals surface area contributed by atoms with Crippen molar-refractivity contribution in [2.75, 3.05) is 25.1 Å². The summed E-state index contributed by atoms with van der Waals surface area (Å²) >= 11 is 0. The second kappa shape index (κ2) is 6.01. The number of carbonyl (C=O) groups is 1. The number of nitrogens with zero attached hydrogens (tertiary/aromatic N) is 3. The standard InChI is InChI=1S/C14H17N5O/c1-19(2)14(20)12-7-8-13(18-17-12)16-9-10-5-3-4-6-11(10)15/h3-8H,9,15H2,1-2H3,(H,16,18). The van der Waals surface area contributed by atoms with Gasteiger partial charge >= 0.3 is 0 Å². The number of nitrogens with two attached hydrogens (primary N) is 1. The number of anilines is 2. The van der Waals surface area contributed by atoms with Crippen LogP contribution >= 0.6 is 0 Å². The molecule has 0 saturated heterocycles. The highest BCUT2D eigenvalue weighted by molar-refractivity contribution is 5.91. The molecule has 0 spiro atoms. The van der Waals surface area contributed by atoms with Crippen molar-refractivity contribution in [3.63, 3.8) is 0 Å². The maximum Gasteiger partial charge on any atom is 0.273 e. The Kier molecular flexibility index (Phi) is 4.14. The molecule has 1 aromatic heterocycles. The molecule has 0 aliphatic carbocycles. The van der Waals surface area contributed by atoms with E-state index in [1.54, 1.807) is 26.2 Å². The third-order valence-corrected chi connectivity index (χ3v) is 2.80. The van der Waals surface area contributed by atoms with Crippen LogP contribution in [0.2, 0.25) is 0 Å². The quantitative estimate of drug-likeness (QED) is 0.820. The minimum atomic E-state index is -0.170. The molecule has 0 aliphatic heterocycles. The minimum absolute atomic E-state index is 0.170. The molecular weight excluding hydrogens is 254 g/mol. The van der Waals surface area contributed by atoms with Crippen LogP contribution in [0, 0.1) is 0 Å². The van der Waals surface area contributed by atoms with Crippen LogP contribution in [0.3, 0.4) is 0 Å².